The maximum absolute atomic E-state index is 12.9. The van der Waals surface area contributed by atoms with Crippen LogP contribution in [0.15, 0.2) is 89.5 Å². The van der Waals surface area contributed by atoms with Crippen molar-refractivity contribution in [1.29, 1.82) is 0 Å². The lowest BCUT2D eigenvalue weighted by atomic mass is 10.1. The average molecular weight is 419 g/mol. The maximum atomic E-state index is 12.9. The van der Waals surface area contributed by atoms with Gasteiger partial charge in [-0.25, -0.2) is 0 Å². The summed E-state index contributed by atoms with van der Waals surface area (Å²) in [6.07, 6.45) is 3.62. The van der Waals surface area contributed by atoms with E-state index in [-0.39, 0.29) is 11.6 Å². The van der Waals surface area contributed by atoms with Crippen molar-refractivity contribution in [2.45, 2.75) is 4.90 Å². The quantitative estimate of drug-likeness (QED) is 0.426. The Morgan fingerprint density at radius 3 is 2.17 bits per heavy atom. The second kappa shape index (κ2) is 10.3. The van der Waals surface area contributed by atoms with E-state index in [1.54, 1.807) is 61.3 Å². The van der Waals surface area contributed by atoms with Crippen molar-refractivity contribution in [2.24, 2.45) is 0 Å². The number of amides is 2. The second-order valence-electron chi connectivity index (χ2n) is 6.33. The van der Waals surface area contributed by atoms with E-state index < -0.39 is 5.91 Å². The lowest BCUT2D eigenvalue weighted by Gasteiger charge is -2.12. The molecule has 0 fully saturated rings. The molecule has 0 spiro atoms. The molecule has 6 heteroatoms. The number of hydrogen-bond donors (Lipinski definition) is 2. The molecule has 0 aromatic heterocycles. The number of thioether (sulfide) groups is 1. The number of methoxy groups -OCH3 is 1. The fourth-order valence-electron chi connectivity index (χ4n) is 2.68. The second-order valence-corrected chi connectivity index (χ2v) is 7.21. The molecule has 2 N–H and O–H groups in total. The molecule has 3 aromatic rings. The van der Waals surface area contributed by atoms with Crippen LogP contribution in [-0.4, -0.2) is 25.2 Å². The highest BCUT2D eigenvalue weighted by Gasteiger charge is 2.15. The Bertz CT molecular complexity index is 1030. The Morgan fingerprint density at radius 2 is 1.57 bits per heavy atom. The van der Waals surface area contributed by atoms with Crippen LogP contribution in [0.4, 0.5) is 5.69 Å². The largest absolute Gasteiger partial charge is 0.497 e. The molecule has 2 amide bonds. The summed E-state index contributed by atoms with van der Waals surface area (Å²) in [7, 11) is 1.59. The van der Waals surface area contributed by atoms with Crippen LogP contribution >= 0.6 is 11.8 Å². The van der Waals surface area contributed by atoms with Gasteiger partial charge in [0.25, 0.3) is 11.8 Å². The summed E-state index contributed by atoms with van der Waals surface area (Å²) in [5, 5.41) is 5.56. The molecule has 3 rings (SSSR count). The van der Waals surface area contributed by atoms with Crippen LogP contribution in [0, 0.1) is 0 Å². The molecule has 152 valence electrons. The first kappa shape index (κ1) is 21.2. The lowest BCUT2D eigenvalue weighted by molar-refractivity contribution is -0.113. The third-order valence-electron chi connectivity index (χ3n) is 4.30. The smallest absolute Gasteiger partial charge is 0.272 e. The standard InChI is InChI=1S/C24H22N2O3S/c1-29-20-12-8-17(9-13-20)16-22(26-23(27)18-6-4-3-5-7-18)24(28)25-19-10-14-21(30-2)15-11-19/h3-16H,1-2H3,(H,25,28)(H,26,27)/b22-16-. The predicted octanol–water partition coefficient (Wildman–Crippen LogP) is 4.83. The van der Waals surface area contributed by atoms with Crippen LogP contribution < -0.4 is 15.4 Å². The van der Waals surface area contributed by atoms with Crippen molar-refractivity contribution >= 4 is 35.3 Å². The highest BCUT2D eigenvalue weighted by molar-refractivity contribution is 7.98. The normalized spacial score (nSPS) is 10.9. The zero-order chi connectivity index (χ0) is 21.3. The molecule has 0 saturated heterocycles. The third kappa shape index (κ3) is 5.75. The molecule has 5 nitrogen and oxygen atoms in total. The Kier molecular flexibility index (Phi) is 7.29. The Morgan fingerprint density at radius 1 is 0.900 bits per heavy atom. The maximum Gasteiger partial charge on any atom is 0.272 e. The third-order valence-corrected chi connectivity index (χ3v) is 5.05. The van der Waals surface area contributed by atoms with Gasteiger partial charge in [-0.1, -0.05) is 30.3 Å². The van der Waals surface area contributed by atoms with Crippen molar-refractivity contribution in [2.75, 3.05) is 18.7 Å². The molecular weight excluding hydrogens is 396 g/mol. The van der Waals surface area contributed by atoms with Gasteiger partial charge in [-0.2, -0.15) is 0 Å². The van der Waals surface area contributed by atoms with Crippen molar-refractivity contribution in [3.63, 3.8) is 0 Å². The topological polar surface area (TPSA) is 67.4 Å². The first-order chi connectivity index (χ1) is 14.6. The van der Waals surface area contributed by atoms with E-state index in [0.29, 0.717) is 17.0 Å². The van der Waals surface area contributed by atoms with Gasteiger partial charge in [0.05, 0.1) is 7.11 Å². The van der Waals surface area contributed by atoms with Crippen LogP contribution in [0.5, 0.6) is 5.75 Å². The van der Waals surface area contributed by atoms with Crippen LogP contribution in [0.3, 0.4) is 0 Å². The molecule has 0 aliphatic heterocycles. The van der Waals surface area contributed by atoms with E-state index in [2.05, 4.69) is 10.6 Å². The summed E-state index contributed by atoms with van der Waals surface area (Å²) in [6, 6.07) is 23.5. The fourth-order valence-corrected chi connectivity index (χ4v) is 3.09. The number of nitrogens with one attached hydrogen (secondary N) is 2. The number of anilines is 1. The number of benzene rings is 3. The predicted molar refractivity (Wildman–Crippen MR) is 122 cm³/mol. The SMILES string of the molecule is COc1ccc(/C=C(\NC(=O)c2ccccc2)C(=O)Nc2ccc(SC)cc2)cc1. The first-order valence-corrected chi connectivity index (χ1v) is 10.5. The summed E-state index contributed by atoms with van der Waals surface area (Å²) < 4.78 is 5.17. The van der Waals surface area contributed by atoms with Gasteiger partial charge in [0.2, 0.25) is 0 Å². The molecular formula is C24H22N2O3S. The molecule has 0 aliphatic carbocycles. The van der Waals surface area contributed by atoms with Crippen molar-refractivity contribution in [1.82, 2.24) is 5.32 Å². The highest BCUT2D eigenvalue weighted by atomic mass is 32.2. The summed E-state index contributed by atoms with van der Waals surface area (Å²) in [5.41, 5.74) is 2.01. The molecule has 0 unspecified atom stereocenters. The number of carbonyl (C=O) groups excluding carboxylic acids is 2. The first-order valence-electron chi connectivity index (χ1n) is 9.26. The molecule has 30 heavy (non-hydrogen) atoms. The number of hydrogen-bond acceptors (Lipinski definition) is 4. The monoisotopic (exact) mass is 418 g/mol. The number of rotatable bonds is 7. The minimum absolute atomic E-state index is 0.142. The molecule has 0 radical (unpaired) electrons. The average Bonchev–Trinajstić information content (AvgIpc) is 2.80. The van der Waals surface area contributed by atoms with E-state index in [9.17, 15) is 9.59 Å². The molecule has 0 aliphatic rings. The number of ether oxygens (including phenoxy) is 1. The Balaban J connectivity index is 1.85. The summed E-state index contributed by atoms with van der Waals surface area (Å²) in [4.78, 5) is 26.7. The Labute approximate surface area is 180 Å². The zero-order valence-electron chi connectivity index (χ0n) is 16.7. The van der Waals surface area contributed by atoms with Gasteiger partial charge in [0, 0.05) is 16.1 Å². The van der Waals surface area contributed by atoms with E-state index in [1.165, 1.54) is 0 Å². The van der Waals surface area contributed by atoms with Gasteiger partial charge < -0.3 is 15.4 Å². The summed E-state index contributed by atoms with van der Waals surface area (Å²) >= 11 is 1.62. The highest BCUT2D eigenvalue weighted by Crippen LogP contribution is 2.19. The molecule has 3 aromatic carbocycles. The van der Waals surface area contributed by atoms with E-state index in [0.717, 1.165) is 10.5 Å². The van der Waals surface area contributed by atoms with Gasteiger partial charge >= 0.3 is 0 Å². The summed E-state index contributed by atoms with van der Waals surface area (Å²) in [6.45, 7) is 0. The molecule has 0 heterocycles. The van der Waals surface area contributed by atoms with Crippen LogP contribution in [-0.2, 0) is 4.79 Å². The van der Waals surface area contributed by atoms with Crippen molar-refractivity contribution in [3.05, 3.63) is 95.7 Å². The molecule has 0 bridgehead atoms. The van der Waals surface area contributed by atoms with Gasteiger partial charge in [-0.15, -0.1) is 11.8 Å². The van der Waals surface area contributed by atoms with E-state index in [4.69, 9.17) is 4.74 Å². The van der Waals surface area contributed by atoms with Gasteiger partial charge in [-0.3, -0.25) is 9.59 Å². The zero-order valence-corrected chi connectivity index (χ0v) is 17.5. The van der Waals surface area contributed by atoms with Crippen LogP contribution in [0.1, 0.15) is 15.9 Å². The fraction of sp³-hybridized carbons (Fsp3) is 0.0833. The lowest BCUT2D eigenvalue weighted by Crippen LogP contribution is -2.30. The minimum atomic E-state index is -0.410. The Hall–Kier alpha value is -3.51. The van der Waals surface area contributed by atoms with Crippen LogP contribution in [0.25, 0.3) is 6.08 Å². The van der Waals surface area contributed by atoms with E-state index >= 15 is 0 Å². The molecule has 0 saturated carbocycles. The molecule has 0 atom stereocenters. The summed E-state index contributed by atoms with van der Waals surface area (Å²) in [5.74, 6) is -0.0596. The van der Waals surface area contributed by atoms with Crippen LogP contribution in [0.2, 0.25) is 0 Å². The van der Waals surface area contributed by atoms with Crippen molar-refractivity contribution < 1.29 is 14.3 Å². The van der Waals surface area contributed by atoms with E-state index in [1.807, 2.05) is 48.7 Å². The minimum Gasteiger partial charge on any atom is -0.497 e. The van der Waals surface area contributed by atoms with Gasteiger partial charge in [-0.05, 0) is 66.4 Å². The van der Waals surface area contributed by atoms with Gasteiger partial charge in [0.1, 0.15) is 11.4 Å². The van der Waals surface area contributed by atoms with Crippen molar-refractivity contribution in [3.8, 4) is 5.75 Å². The van der Waals surface area contributed by atoms with Gasteiger partial charge in [0.15, 0.2) is 0 Å². The number of carbonyl (C=O) groups is 2.